The van der Waals surface area contributed by atoms with Crippen LogP contribution in [0.1, 0.15) is 23.2 Å². The van der Waals surface area contributed by atoms with Crippen molar-refractivity contribution in [2.75, 3.05) is 37.6 Å². The van der Waals surface area contributed by atoms with Crippen molar-refractivity contribution in [2.24, 2.45) is 0 Å². The van der Waals surface area contributed by atoms with Crippen molar-refractivity contribution in [3.05, 3.63) is 48.0 Å². The normalized spacial score (nSPS) is 13.2. The summed E-state index contributed by atoms with van der Waals surface area (Å²) < 4.78 is 15.5. The summed E-state index contributed by atoms with van der Waals surface area (Å²) >= 11 is 0. The Bertz CT molecular complexity index is 927. The molecule has 1 N–H and O–H groups in total. The van der Waals surface area contributed by atoms with Crippen LogP contribution in [0.4, 0.5) is 11.4 Å². The molecule has 2 aromatic rings. The molecule has 1 aliphatic rings. The quantitative estimate of drug-likeness (QED) is 0.721. The largest absolute Gasteiger partial charge is 0.493 e. The summed E-state index contributed by atoms with van der Waals surface area (Å²) in [6.45, 7) is 0.197. The van der Waals surface area contributed by atoms with E-state index in [4.69, 9.17) is 14.2 Å². The zero-order valence-corrected chi connectivity index (χ0v) is 16.3. The minimum Gasteiger partial charge on any atom is -0.493 e. The van der Waals surface area contributed by atoms with Gasteiger partial charge in [0, 0.05) is 24.3 Å². The Morgan fingerprint density at radius 3 is 2.59 bits per heavy atom. The van der Waals surface area contributed by atoms with E-state index < -0.39 is 18.5 Å². The second-order valence-electron chi connectivity index (χ2n) is 6.36. The van der Waals surface area contributed by atoms with Gasteiger partial charge in [-0.15, -0.1) is 0 Å². The molecule has 0 aromatic heterocycles. The lowest BCUT2D eigenvalue weighted by atomic mass is 10.2. The van der Waals surface area contributed by atoms with Crippen molar-refractivity contribution in [1.82, 2.24) is 0 Å². The van der Waals surface area contributed by atoms with Gasteiger partial charge in [-0.2, -0.15) is 0 Å². The summed E-state index contributed by atoms with van der Waals surface area (Å²) in [7, 11) is 2.88. The van der Waals surface area contributed by atoms with Crippen LogP contribution in [0.5, 0.6) is 11.5 Å². The van der Waals surface area contributed by atoms with E-state index in [1.165, 1.54) is 20.3 Å². The maximum absolute atomic E-state index is 12.3. The van der Waals surface area contributed by atoms with Gasteiger partial charge in [0.1, 0.15) is 5.56 Å². The first-order chi connectivity index (χ1) is 14.0. The van der Waals surface area contributed by atoms with Crippen molar-refractivity contribution in [3.63, 3.8) is 0 Å². The van der Waals surface area contributed by atoms with Crippen molar-refractivity contribution in [1.29, 1.82) is 0 Å². The molecule has 1 saturated heterocycles. The standard InChI is InChI=1S/C21H22N2O6/c1-27-17-9-4-8-16(20(17)28-2)21(26)29-13-18(24)22-14-6-3-7-15(12-14)23-11-5-10-19(23)25/h3-4,6-9,12H,5,10-11,13H2,1-2H3,(H,22,24). The molecule has 0 bridgehead atoms. The number of para-hydroxylation sites is 1. The predicted octanol–water partition coefficient (Wildman–Crippen LogP) is 2.63. The van der Waals surface area contributed by atoms with Crippen LogP contribution >= 0.6 is 0 Å². The van der Waals surface area contributed by atoms with Gasteiger partial charge < -0.3 is 24.4 Å². The number of amides is 2. The molecule has 0 saturated carbocycles. The smallest absolute Gasteiger partial charge is 0.342 e. The minimum atomic E-state index is -0.702. The number of esters is 1. The first-order valence-electron chi connectivity index (χ1n) is 9.12. The van der Waals surface area contributed by atoms with Crippen LogP contribution in [-0.4, -0.2) is 45.2 Å². The maximum Gasteiger partial charge on any atom is 0.342 e. The Labute approximate surface area is 168 Å². The van der Waals surface area contributed by atoms with Crippen LogP contribution in [0.15, 0.2) is 42.5 Å². The van der Waals surface area contributed by atoms with Crippen LogP contribution in [0, 0.1) is 0 Å². The molecular formula is C21H22N2O6. The molecule has 29 heavy (non-hydrogen) atoms. The lowest BCUT2D eigenvalue weighted by Crippen LogP contribution is -2.24. The lowest BCUT2D eigenvalue weighted by molar-refractivity contribution is -0.119. The molecular weight excluding hydrogens is 376 g/mol. The van der Waals surface area contributed by atoms with Gasteiger partial charge >= 0.3 is 5.97 Å². The second kappa shape index (κ2) is 9.09. The Kier molecular flexibility index (Phi) is 6.33. The first-order valence-corrected chi connectivity index (χ1v) is 9.12. The van der Waals surface area contributed by atoms with Crippen molar-refractivity contribution < 1.29 is 28.6 Å². The number of nitrogens with zero attached hydrogens (tertiary/aromatic N) is 1. The number of hydrogen-bond acceptors (Lipinski definition) is 6. The highest BCUT2D eigenvalue weighted by Gasteiger charge is 2.22. The van der Waals surface area contributed by atoms with E-state index in [1.54, 1.807) is 35.2 Å². The average molecular weight is 398 g/mol. The highest BCUT2D eigenvalue weighted by atomic mass is 16.5. The van der Waals surface area contributed by atoms with E-state index in [2.05, 4.69) is 5.32 Å². The summed E-state index contributed by atoms with van der Waals surface area (Å²) in [6.07, 6.45) is 1.35. The number of methoxy groups -OCH3 is 2. The summed E-state index contributed by atoms with van der Waals surface area (Å²) in [5.74, 6) is -0.505. The fourth-order valence-electron chi connectivity index (χ4n) is 3.13. The van der Waals surface area contributed by atoms with Crippen LogP contribution in [0.2, 0.25) is 0 Å². The number of carbonyl (C=O) groups excluding carboxylic acids is 3. The topological polar surface area (TPSA) is 94.2 Å². The molecule has 0 atom stereocenters. The van der Waals surface area contributed by atoms with E-state index in [-0.39, 0.29) is 17.2 Å². The van der Waals surface area contributed by atoms with Gasteiger partial charge in [0.05, 0.1) is 14.2 Å². The number of anilines is 2. The first kappa shape index (κ1) is 20.2. The van der Waals surface area contributed by atoms with Gasteiger partial charge in [0.2, 0.25) is 5.91 Å². The predicted molar refractivity (Wildman–Crippen MR) is 106 cm³/mol. The third-order valence-corrected chi connectivity index (χ3v) is 4.47. The SMILES string of the molecule is COc1cccc(C(=O)OCC(=O)Nc2cccc(N3CCCC3=O)c2)c1OC. The Morgan fingerprint density at radius 2 is 1.90 bits per heavy atom. The monoisotopic (exact) mass is 398 g/mol. The molecule has 1 fully saturated rings. The van der Waals surface area contributed by atoms with Crippen molar-refractivity contribution in [3.8, 4) is 11.5 Å². The van der Waals surface area contributed by atoms with E-state index in [0.29, 0.717) is 24.4 Å². The fourth-order valence-corrected chi connectivity index (χ4v) is 3.13. The van der Waals surface area contributed by atoms with Crippen LogP contribution in [0.3, 0.4) is 0 Å². The summed E-state index contributed by atoms with van der Waals surface area (Å²) in [4.78, 5) is 38.1. The highest BCUT2D eigenvalue weighted by molar-refractivity contribution is 5.99. The van der Waals surface area contributed by atoms with Crippen LogP contribution < -0.4 is 19.7 Å². The molecule has 2 amide bonds. The molecule has 0 radical (unpaired) electrons. The molecule has 8 nitrogen and oxygen atoms in total. The number of ether oxygens (including phenoxy) is 3. The average Bonchev–Trinajstić information content (AvgIpc) is 3.17. The third-order valence-electron chi connectivity index (χ3n) is 4.47. The zero-order valence-electron chi connectivity index (χ0n) is 16.3. The molecule has 0 unspecified atom stereocenters. The summed E-state index contributed by atoms with van der Waals surface area (Å²) in [6, 6.07) is 11.8. The maximum atomic E-state index is 12.3. The Balaban J connectivity index is 1.61. The number of rotatable bonds is 7. The van der Waals surface area contributed by atoms with Crippen LogP contribution in [-0.2, 0) is 14.3 Å². The van der Waals surface area contributed by atoms with Crippen LogP contribution in [0.25, 0.3) is 0 Å². The number of carbonyl (C=O) groups is 3. The van der Waals surface area contributed by atoms with Gasteiger partial charge in [-0.1, -0.05) is 12.1 Å². The van der Waals surface area contributed by atoms with Gasteiger partial charge in [-0.3, -0.25) is 9.59 Å². The van der Waals surface area contributed by atoms with E-state index >= 15 is 0 Å². The summed E-state index contributed by atoms with van der Waals surface area (Å²) in [5, 5.41) is 2.67. The number of hydrogen-bond donors (Lipinski definition) is 1. The fraction of sp³-hybridized carbons (Fsp3) is 0.286. The van der Waals surface area contributed by atoms with Gasteiger partial charge in [0.25, 0.3) is 5.91 Å². The third kappa shape index (κ3) is 4.66. The molecule has 1 heterocycles. The van der Waals surface area contributed by atoms with Gasteiger partial charge in [-0.25, -0.2) is 4.79 Å². The van der Waals surface area contributed by atoms with E-state index in [0.717, 1.165) is 12.1 Å². The molecule has 3 rings (SSSR count). The van der Waals surface area contributed by atoms with E-state index in [9.17, 15) is 14.4 Å². The molecule has 1 aliphatic heterocycles. The molecule has 8 heteroatoms. The Morgan fingerprint density at radius 1 is 1.10 bits per heavy atom. The summed E-state index contributed by atoms with van der Waals surface area (Å²) in [5.41, 5.74) is 1.40. The molecule has 152 valence electrons. The van der Waals surface area contributed by atoms with Crippen molar-refractivity contribution >= 4 is 29.2 Å². The van der Waals surface area contributed by atoms with Gasteiger partial charge in [0.15, 0.2) is 18.1 Å². The second-order valence-corrected chi connectivity index (χ2v) is 6.36. The number of nitrogens with one attached hydrogen (secondary N) is 1. The molecule has 2 aromatic carbocycles. The minimum absolute atomic E-state index is 0.0645. The molecule has 0 aliphatic carbocycles. The molecule has 0 spiro atoms. The van der Waals surface area contributed by atoms with Gasteiger partial charge in [-0.05, 0) is 36.8 Å². The lowest BCUT2D eigenvalue weighted by Gasteiger charge is -2.17. The number of benzene rings is 2. The highest BCUT2D eigenvalue weighted by Crippen LogP contribution is 2.31. The Hall–Kier alpha value is -3.55. The zero-order chi connectivity index (χ0) is 20.8. The van der Waals surface area contributed by atoms with Crippen molar-refractivity contribution in [2.45, 2.75) is 12.8 Å². The van der Waals surface area contributed by atoms with E-state index in [1.807, 2.05) is 6.07 Å².